The highest BCUT2D eigenvalue weighted by molar-refractivity contribution is 6.08. The molecule has 2 amide bonds. The Morgan fingerprint density at radius 3 is 2.71 bits per heavy atom. The van der Waals surface area contributed by atoms with Crippen LogP contribution in [0.3, 0.4) is 0 Å². The summed E-state index contributed by atoms with van der Waals surface area (Å²) in [5, 5.41) is 5.55. The van der Waals surface area contributed by atoms with Gasteiger partial charge in [0.15, 0.2) is 0 Å². The van der Waals surface area contributed by atoms with Crippen molar-refractivity contribution in [2.45, 2.75) is 19.0 Å². The summed E-state index contributed by atoms with van der Waals surface area (Å²) in [7, 11) is 2.89. The zero-order chi connectivity index (χ0) is 19.9. The number of hydrogen-bond acceptors (Lipinski definition) is 6. The molecule has 1 aromatic heterocycles. The number of pyridine rings is 1. The number of ether oxygens (including phenoxy) is 2. The van der Waals surface area contributed by atoms with Gasteiger partial charge >= 0.3 is 6.09 Å². The lowest BCUT2D eigenvalue weighted by Crippen LogP contribution is -2.32. The van der Waals surface area contributed by atoms with Crippen LogP contribution in [0.25, 0.3) is 0 Å². The molecule has 1 atom stereocenters. The SMILES string of the molecule is COC[C@@H](NC(=O)Cc1cc2c(cn1)C(NC(=O)OC)=NC2)c1ccccc1. The highest BCUT2D eigenvalue weighted by Crippen LogP contribution is 2.19. The summed E-state index contributed by atoms with van der Waals surface area (Å²) in [5.41, 5.74) is 3.25. The number of aliphatic imine (C=N–C) groups is 1. The maximum atomic E-state index is 12.5. The molecular formula is C20H22N4O4. The fraction of sp³-hybridized carbons (Fsp3) is 0.300. The highest BCUT2D eigenvalue weighted by atomic mass is 16.5. The molecule has 0 aliphatic carbocycles. The molecule has 1 aliphatic heterocycles. The van der Waals surface area contributed by atoms with Gasteiger partial charge in [-0.15, -0.1) is 0 Å². The first-order valence-corrected chi connectivity index (χ1v) is 8.81. The minimum Gasteiger partial charge on any atom is -0.453 e. The lowest BCUT2D eigenvalue weighted by atomic mass is 10.1. The fourth-order valence-corrected chi connectivity index (χ4v) is 2.97. The van der Waals surface area contributed by atoms with Gasteiger partial charge in [0.1, 0.15) is 5.84 Å². The normalized spacial score (nSPS) is 13.3. The number of nitrogens with zero attached hydrogens (tertiary/aromatic N) is 2. The highest BCUT2D eigenvalue weighted by Gasteiger charge is 2.20. The Labute approximate surface area is 163 Å². The molecule has 1 aromatic carbocycles. The van der Waals surface area contributed by atoms with Crippen molar-refractivity contribution in [1.82, 2.24) is 15.6 Å². The van der Waals surface area contributed by atoms with E-state index < -0.39 is 6.09 Å². The molecular weight excluding hydrogens is 360 g/mol. The predicted octanol–water partition coefficient (Wildman–Crippen LogP) is 1.74. The Morgan fingerprint density at radius 1 is 1.21 bits per heavy atom. The summed E-state index contributed by atoms with van der Waals surface area (Å²) in [4.78, 5) is 32.5. The van der Waals surface area contributed by atoms with Crippen LogP contribution in [-0.2, 0) is 27.2 Å². The van der Waals surface area contributed by atoms with Gasteiger partial charge in [0, 0.05) is 18.9 Å². The van der Waals surface area contributed by atoms with Crippen LogP contribution in [0.1, 0.15) is 28.4 Å². The van der Waals surface area contributed by atoms with E-state index in [1.54, 1.807) is 13.3 Å². The Kier molecular flexibility index (Phi) is 6.33. The third-order valence-electron chi connectivity index (χ3n) is 4.33. The summed E-state index contributed by atoms with van der Waals surface area (Å²) in [6.45, 7) is 0.798. The van der Waals surface area contributed by atoms with Crippen molar-refractivity contribution in [3.8, 4) is 0 Å². The third kappa shape index (κ3) is 4.72. The van der Waals surface area contributed by atoms with Crippen LogP contribution < -0.4 is 10.6 Å². The molecule has 0 fully saturated rings. The molecule has 0 radical (unpaired) electrons. The van der Waals surface area contributed by atoms with Gasteiger partial charge in [-0.25, -0.2) is 4.79 Å². The summed E-state index contributed by atoms with van der Waals surface area (Å²) >= 11 is 0. The summed E-state index contributed by atoms with van der Waals surface area (Å²) in [6, 6.07) is 11.3. The van der Waals surface area contributed by atoms with E-state index >= 15 is 0 Å². The van der Waals surface area contributed by atoms with E-state index in [0.717, 1.165) is 16.7 Å². The first-order chi connectivity index (χ1) is 13.6. The number of amidine groups is 1. The number of carbonyl (C=O) groups excluding carboxylic acids is 2. The van der Waals surface area contributed by atoms with Gasteiger partial charge in [-0.3, -0.25) is 20.1 Å². The van der Waals surface area contributed by atoms with Crippen molar-refractivity contribution in [3.63, 3.8) is 0 Å². The van der Waals surface area contributed by atoms with Crippen LogP contribution in [0.2, 0.25) is 0 Å². The van der Waals surface area contributed by atoms with Crippen LogP contribution in [0.5, 0.6) is 0 Å². The van der Waals surface area contributed by atoms with Crippen molar-refractivity contribution in [2.24, 2.45) is 4.99 Å². The number of methoxy groups -OCH3 is 2. The number of rotatable bonds is 6. The molecule has 3 rings (SSSR count). The number of hydrogen-bond donors (Lipinski definition) is 2. The maximum absolute atomic E-state index is 12.5. The van der Waals surface area contributed by atoms with Crippen LogP contribution in [0.15, 0.2) is 47.6 Å². The molecule has 0 unspecified atom stereocenters. The molecule has 8 nitrogen and oxygen atoms in total. The van der Waals surface area contributed by atoms with Crippen LogP contribution in [0, 0.1) is 0 Å². The number of benzene rings is 1. The maximum Gasteiger partial charge on any atom is 0.412 e. The second-order valence-corrected chi connectivity index (χ2v) is 6.28. The molecule has 0 saturated heterocycles. The minimum absolute atomic E-state index is 0.139. The van der Waals surface area contributed by atoms with E-state index in [2.05, 4.69) is 25.3 Å². The minimum atomic E-state index is -0.583. The smallest absolute Gasteiger partial charge is 0.412 e. The average molecular weight is 382 g/mol. The molecule has 2 aromatic rings. The fourth-order valence-electron chi connectivity index (χ4n) is 2.97. The number of carbonyl (C=O) groups is 2. The molecule has 0 bridgehead atoms. The molecule has 8 heteroatoms. The number of alkyl carbamates (subject to hydrolysis) is 1. The predicted molar refractivity (Wildman–Crippen MR) is 103 cm³/mol. The van der Waals surface area contributed by atoms with Crippen LogP contribution >= 0.6 is 0 Å². The van der Waals surface area contributed by atoms with Crippen LogP contribution in [0.4, 0.5) is 4.79 Å². The number of aromatic nitrogens is 1. The Morgan fingerprint density at radius 2 is 2.00 bits per heavy atom. The van der Waals surface area contributed by atoms with Crippen molar-refractivity contribution < 1.29 is 19.1 Å². The molecule has 0 saturated carbocycles. The van der Waals surface area contributed by atoms with Gasteiger partial charge in [0.05, 0.1) is 38.4 Å². The van der Waals surface area contributed by atoms with Gasteiger partial charge in [-0.2, -0.15) is 0 Å². The number of nitrogens with one attached hydrogen (secondary N) is 2. The van der Waals surface area contributed by atoms with E-state index in [4.69, 9.17) is 4.74 Å². The second kappa shape index (κ2) is 9.09. The van der Waals surface area contributed by atoms with Gasteiger partial charge in [0.2, 0.25) is 5.91 Å². The summed E-state index contributed by atoms with van der Waals surface area (Å²) in [6.07, 6.45) is 1.17. The first kappa shape index (κ1) is 19.5. The Balaban J connectivity index is 1.64. The average Bonchev–Trinajstić information content (AvgIpc) is 3.10. The molecule has 2 N–H and O–H groups in total. The number of fused-ring (bicyclic) bond motifs is 1. The van der Waals surface area contributed by atoms with Gasteiger partial charge < -0.3 is 14.8 Å². The zero-order valence-corrected chi connectivity index (χ0v) is 15.8. The number of amides is 2. The summed E-state index contributed by atoms with van der Waals surface area (Å²) in [5.74, 6) is 0.278. The molecule has 2 heterocycles. The van der Waals surface area contributed by atoms with Crippen molar-refractivity contribution >= 4 is 17.8 Å². The van der Waals surface area contributed by atoms with Gasteiger partial charge in [-0.05, 0) is 17.2 Å². The molecule has 1 aliphatic rings. The van der Waals surface area contributed by atoms with Crippen molar-refractivity contribution in [3.05, 3.63) is 65.0 Å². The second-order valence-electron chi connectivity index (χ2n) is 6.28. The van der Waals surface area contributed by atoms with E-state index in [1.165, 1.54) is 7.11 Å². The van der Waals surface area contributed by atoms with E-state index in [-0.39, 0.29) is 18.4 Å². The van der Waals surface area contributed by atoms with Gasteiger partial charge in [0.25, 0.3) is 0 Å². The lowest BCUT2D eigenvalue weighted by Gasteiger charge is -2.18. The Hall–Kier alpha value is -3.26. The van der Waals surface area contributed by atoms with E-state index in [0.29, 0.717) is 24.7 Å². The largest absolute Gasteiger partial charge is 0.453 e. The monoisotopic (exact) mass is 382 g/mol. The summed E-state index contributed by atoms with van der Waals surface area (Å²) < 4.78 is 9.81. The van der Waals surface area contributed by atoms with E-state index in [1.807, 2.05) is 36.4 Å². The van der Waals surface area contributed by atoms with Crippen molar-refractivity contribution in [2.75, 3.05) is 20.8 Å². The molecule has 28 heavy (non-hydrogen) atoms. The van der Waals surface area contributed by atoms with Crippen molar-refractivity contribution in [1.29, 1.82) is 0 Å². The Bertz CT molecular complexity index is 883. The molecule has 0 spiro atoms. The van der Waals surface area contributed by atoms with Gasteiger partial charge in [-0.1, -0.05) is 30.3 Å². The van der Waals surface area contributed by atoms with Crippen LogP contribution in [-0.4, -0.2) is 43.6 Å². The standard InChI is InChI=1S/C20H22N4O4/c1-27-12-17(13-6-4-3-5-7-13)23-18(25)9-15-8-14-10-22-19(16(14)11-21-15)24-20(26)28-2/h3-8,11,17H,9-10,12H2,1-2H3,(H,23,25)(H,22,24,26)/t17-/m1/s1. The molecule has 146 valence electrons. The first-order valence-electron chi connectivity index (χ1n) is 8.81. The zero-order valence-electron chi connectivity index (χ0n) is 15.8. The topological polar surface area (TPSA) is 102 Å². The quantitative estimate of drug-likeness (QED) is 0.792. The van der Waals surface area contributed by atoms with E-state index in [9.17, 15) is 9.59 Å². The lowest BCUT2D eigenvalue weighted by molar-refractivity contribution is -0.121. The third-order valence-corrected chi connectivity index (χ3v) is 4.33.